The van der Waals surface area contributed by atoms with Gasteiger partial charge in [-0.1, -0.05) is 0 Å². The molecule has 0 amide bonds. The second kappa shape index (κ2) is 5.06. The summed E-state index contributed by atoms with van der Waals surface area (Å²) in [7, 11) is 3.90. The monoisotopic (exact) mass is 262 g/mol. The summed E-state index contributed by atoms with van der Waals surface area (Å²) in [6.07, 6.45) is 4.44. The molecule has 2 aliphatic heterocycles. The number of rotatable bonds is 3. The molecule has 5 heteroatoms. The van der Waals surface area contributed by atoms with Gasteiger partial charge in [-0.25, -0.2) is 9.97 Å². The Labute approximate surface area is 114 Å². The summed E-state index contributed by atoms with van der Waals surface area (Å²) in [5.74, 6) is 0.860. The predicted octanol–water partition coefficient (Wildman–Crippen LogP) is 1.15. The van der Waals surface area contributed by atoms with E-state index < -0.39 is 0 Å². The van der Waals surface area contributed by atoms with Gasteiger partial charge in [0.2, 0.25) is 5.95 Å². The van der Waals surface area contributed by atoms with E-state index in [0.29, 0.717) is 12.0 Å². The van der Waals surface area contributed by atoms with Crippen LogP contribution in [0, 0.1) is 5.41 Å². The Morgan fingerprint density at radius 3 is 2.74 bits per heavy atom. The fourth-order valence-electron chi connectivity index (χ4n) is 3.08. The molecule has 19 heavy (non-hydrogen) atoms. The molecule has 0 aliphatic carbocycles. The number of hydrogen-bond acceptors (Lipinski definition) is 5. The number of methoxy groups -OCH3 is 1. The standard InChI is InChI=1S/C14H22N4O/c1-17-7-4-14(5-8-17)10-18(11-14)13-15-6-3-12(16-13)9-19-2/h3,6H,4-5,7-11H2,1-2H3. The van der Waals surface area contributed by atoms with Gasteiger partial charge in [0.25, 0.3) is 0 Å². The molecule has 2 fully saturated rings. The molecule has 2 saturated heterocycles. The molecule has 0 atom stereocenters. The Balaban J connectivity index is 1.62. The van der Waals surface area contributed by atoms with Crippen molar-refractivity contribution >= 4 is 5.95 Å². The summed E-state index contributed by atoms with van der Waals surface area (Å²) in [5, 5.41) is 0. The van der Waals surface area contributed by atoms with Gasteiger partial charge < -0.3 is 14.5 Å². The van der Waals surface area contributed by atoms with Crippen LogP contribution in [0.15, 0.2) is 12.3 Å². The first-order valence-electron chi connectivity index (χ1n) is 6.95. The molecule has 1 aromatic rings. The van der Waals surface area contributed by atoms with Crippen LogP contribution in [0.3, 0.4) is 0 Å². The molecule has 5 nitrogen and oxygen atoms in total. The molecule has 0 unspecified atom stereocenters. The zero-order chi connectivity index (χ0) is 13.3. The number of hydrogen-bond donors (Lipinski definition) is 0. The number of aromatic nitrogens is 2. The van der Waals surface area contributed by atoms with Crippen molar-refractivity contribution < 1.29 is 4.74 Å². The van der Waals surface area contributed by atoms with Crippen molar-refractivity contribution in [3.8, 4) is 0 Å². The van der Waals surface area contributed by atoms with E-state index in [9.17, 15) is 0 Å². The maximum Gasteiger partial charge on any atom is 0.225 e. The third kappa shape index (κ3) is 2.58. The predicted molar refractivity (Wildman–Crippen MR) is 74.1 cm³/mol. The molecule has 2 aliphatic rings. The largest absolute Gasteiger partial charge is 0.378 e. The van der Waals surface area contributed by atoms with Crippen LogP contribution < -0.4 is 4.90 Å². The third-order valence-electron chi connectivity index (χ3n) is 4.38. The second-order valence-corrected chi connectivity index (χ2v) is 5.94. The van der Waals surface area contributed by atoms with E-state index in [2.05, 4.69) is 26.8 Å². The zero-order valence-electron chi connectivity index (χ0n) is 11.8. The van der Waals surface area contributed by atoms with E-state index >= 15 is 0 Å². The van der Waals surface area contributed by atoms with Crippen molar-refractivity contribution in [3.63, 3.8) is 0 Å². The lowest BCUT2D eigenvalue weighted by Crippen LogP contribution is -2.60. The van der Waals surface area contributed by atoms with Crippen LogP contribution in [0.5, 0.6) is 0 Å². The Hall–Kier alpha value is -1.20. The topological polar surface area (TPSA) is 41.5 Å². The Bertz CT molecular complexity index is 435. The minimum Gasteiger partial charge on any atom is -0.378 e. The molecule has 0 radical (unpaired) electrons. The molecular formula is C14H22N4O. The number of ether oxygens (including phenoxy) is 1. The summed E-state index contributed by atoms with van der Waals surface area (Å²) >= 11 is 0. The maximum absolute atomic E-state index is 5.12. The fraction of sp³-hybridized carbons (Fsp3) is 0.714. The molecule has 3 heterocycles. The van der Waals surface area contributed by atoms with Crippen LogP contribution in [-0.2, 0) is 11.3 Å². The van der Waals surface area contributed by atoms with Crippen molar-refractivity contribution in [2.75, 3.05) is 45.2 Å². The van der Waals surface area contributed by atoms with E-state index in [1.807, 2.05) is 12.3 Å². The normalized spacial score (nSPS) is 22.5. The second-order valence-electron chi connectivity index (χ2n) is 5.94. The summed E-state index contributed by atoms with van der Waals surface area (Å²) in [6, 6.07) is 1.91. The van der Waals surface area contributed by atoms with E-state index in [0.717, 1.165) is 24.7 Å². The fourth-order valence-corrected chi connectivity index (χ4v) is 3.08. The first-order valence-corrected chi connectivity index (χ1v) is 6.95. The van der Waals surface area contributed by atoms with Gasteiger partial charge in [0.05, 0.1) is 12.3 Å². The van der Waals surface area contributed by atoms with Crippen LogP contribution in [0.4, 0.5) is 5.95 Å². The van der Waals surface area contributed by atoms with Gasteiger partial charge in [-0.05, 0) is 39.0 Å². The van der Waals surface area contributed by atoms with Gasteiger partial charge in [-0.2, -0.15) is 0 Å². The van der Waals surface area contributed by atoms with Gasteiger partial charge >= 0.3 is 0 Å². The molecule has 1 aromatic heterocycles. The number of anilines is 1. The lowest BCUT2D eigenvalue weighted by molar-refractivity contribution is 0.0893. The highest BCUT2D eigenvalue weighted by atomic mass is 16.5. The van der Waals surface area contributed by atoms with Crippen molar-refractivity contribution in [1.82, 2.24) is 14.9 Å². The molecule has 1 spiro atoms. The van der Waals surface area contributed by atoms with Gasteiger partial charge in [-0.15, -0.1) is 0 Å². The van der Waals surface area contributed by atoms with Crippen molar-refractivity contribution in [2.45, 2.75) is 19.4 Å². The first-order chi connectivity index (χ1) is 9.21. The number of nitrogens with zero attached hydrogens (tertiary/aromatic N) is 4. The molecule has 104 valence electrons. The Morgan fingerprint density at radius 1 is 1.32 bits per heavy atom. The van der Waals surface area contributed by atoms with Crippen LogP contribution in [0.25, 0.3) is 0 Å². The van der Waals surface area contributed by atoms with Gasteiger partial charge in [0, 0.05) is 31.8 Å². The minimum atomic E-state index is 0.521. The van der Waals surface area contributed by atoms with E-state index in [-0.39, 0.29) is 0 Å². The highest BCUT2D eigenvalue weighted by Crippen LogP contribution is 2.41. The highest BCUT2D eigenvalue weighted by molar-refractivity contribution is 5.36. The Kier molecular flexibility index (Phi) is 3.41. The minimum absolute atomic E-state index is 0.521. The first kappa shape index (κ1) is 12.8. The third-order valence-corrected chi connectivity index (χ3v) is 4.38. The van der Waals surface area contributed by atoms with Gasteiger partial charge in [0.15, 0.2) is 0 Å². The van der Waals surface area contributed by atoms with Crippen molar-refractivity contribution in [2.24, 2.45) is 5.41 Å². The summed E-state index contributed by atoms with van der Waals surface area (Å²) in [6.45, 7) is 5.21. The zero-order valence-corrected chi connectivity index (χ0v) is 11.8. The number of likely N-dealkylation sites (tertiary alicyclic amines) is 1. The smallest absolute Gasteiger partial charge is 0.225 e. The van der Waals surface area contributed by atoms with E-state index in [1.165, 1.54) is 25.9 Å². The highest BCUT2D eigenvalue weighted by Gasteiger charge is 2.45. The van der Waals surface area contributed by atoms with Crippen LogP contribution in [-0.4, -0.2) is 55.2 Å². The van der Waals surface area contributed by atoms with Crippen molar-refractivity contribution in [3.05, 3.63) is 18.0 Å². The molecular weight excluding hydrogens is 240 g/mol. The van der Waals surface area contributed by atoms with Crippen LogP contribution in [0.1, 0.15) is 18.5 Å². The Morgan fingerprint density at radius 2 is 2.05 bits per heavy atom. The molecule has 0 bridgehead atoms. The summed E-state index contributed by atoms with van der Waals surface area (Å²) < 4.78 is 5.12. The average Bonchev–Trinajstić information content (AvgIpc) is 2.38. The molecule has 0 N–H and O–H groups in total. The SMILES string of the molecule is COCc1ccnc(N2CC3(CCN(C)CC3)C2)n1. The molecule has 0 aromatic carbocycles. The maximum atomic E-state index is 5.12. The van der Waals surface area contributed by atoms with Crippen LogP contribution in [0.2, 0.25) is 0 Å². The van der Waals surface area contributed by atoms with Crippen molar-refractivity contribution in [1.29, 1.82) is 0 Å². The lowest BCUT2D eigenvalue weighted by Gasteiger charge is -2.53. The summed E-state index contributed by atoms with van der Waals surface area (Å²) in [4.78, 5) is 13.7. The van der Waals surface area contributed by atoms with Gasteiger partial charge in [-0.3, -0.25) is 0 Å². The summed E-state index contributed by atoms with van der Waals surface area (Å²) in [5.41, 5.74) is 1.48. The van der Waals surface area contributed by atoms with E-state index in [4.69, 9.17) is 4.74 Å². The molecule has 0 saturated carbocycles. The molecule has 3 rings (SSSR count). The number of piperidine rings is 1. The van der Waals surface area contributed by atoms with E-state index in [1.54, 1.807) is 7.11 Å². The quantitative estimate of drug-likeness (QED) is 0.817. The average molecular weight is 262 g/mol. The van der Waals surface area contributed by atoms with Gasteiger partial charge in [0.1, 0.15) is 0 Å². The van der Waals surface area contributed by atoms with Crippen LogP contribution >= 0.6 is 0 Å². The lowest BCUT2D eigenvalue weighted by atomic mass is 9.72.